The SMILES string of the molecule is Cc1nn(C)c(C)c1-c1cc(C(=O)NC2CCN(Cc3ccccc3)CC2)[nH]n1. The molecular formula is C22H28N6O. The summed E-state index contributed by atoms with van der Waals surface area (Å²) >= 11 is 0. The van der Waals surface area contributed by atoms with Gasteiger partial charge in [-0.2, -0.15) is 10.2 Å². The van der Waals surface area contributed by atoms with E-state index in [2.05, 4.69) is 49.8 Å². The number of aryl methyl sites for hydroxylation is 2. The summed E-state index contributed by atoms with van der Waals surface area (Å²) < 4.78 is 1.84. The number of rotatable bonds is 5. The van der Waals surface area contributed by atoms with Crippen LogP contribution in [0.25, 0.3) is 11.3 Å². The average molecular weight is 393 g/mol. The Kier molecular flexibility index (Phi) is 5.49. The molecule has 1 aromatic carbocycles. The van der Waals surface area contributed by atoms with Crippen LogP contribution in [0.5, 0.6) is 0 Å². The van der Waals surface area contributed by atoms with Crippen LogP contribution in [0.2, 0.25) is 0 Å². The van der Waals surface area contributed by atoms with E-state index in [4.69, 9.17) is 0 Å². The van der Waals surface area contributed by atoms with Gasteiger partial charge in [0.25, 0.3) is 5.91 Å². The van der Waals surface area contributed by atoms with E-state index < -0.39 is 0 Å². The van der Waals surface area contributed by atoms with Gasteiger partial charge in [-0.05, 0) is 38.3 Å². The van der Waals surface area contributed by atoms with Gasteiger partial charge in [-0.3, -0.25) is 19.5 Å². The normalized spacial score (nSPS) is 15.6. The number of H-pyrrole nitrogens is 1. The summed E-state index contributed by atoms with van der Waals surface area (Å²) in [4.78, 5) is 15.1. The van der Waals surface area contributed by atoms with Gasteiger partial charge in [-0.1, -0.05) is 30.3 Å². The predicted octanol–water partition coefficient (Wildman–Crippen LogP) is 2.82. The third-order valence-electron chi connectivity index (χ3n) is 5.76. The molecule has 3 aromatic rings. The minimum Gasteiger partial charge on any atom is -0.348 e. The number of hydrogen-bond acceptors (Lipinski definition) is 4. The molecule has 0 saturated carbocycles. The minimum atomic E-state index is -0.0931. The third-order valence-corrected chi connectivity index (χ3v) is 5.76. The highest BCUT2D eigenvalue weighted by Crippen LogP contribution is 2.25. The molecule has 7 heteroatoms. The monoisotopic (exact) mass is 392 g/mol. The second kappa shape index (κ2) is 8.21. The van der Waals surface area contributed by atoms with E-state index in [0.29, 0.717) is 5.69 Å². The van der Waals surface area contributed by atoms with Gasteiger partial charge in [-0.25, -0.2) is 0 Å². The van der Waals surface area contributed by atoms with E-state index >= 15 is 0 Å². The van der Waals surface area contributed by atoms with Crippen molar-refractivity contribution in [3.63, 3.8) is 0 Å². The number of nitrogens with zero attached hydrogens (tertiary/aromatic N) is 4. The summed E-state index contributed by atoms with van der Waals surface area (Å²) in [6, 6.07) is 12.5. The smallest absolute Gasteiger partial charge is 0.269 e. The Hall–Kier alpha value is -2.93. The molecule has 0 radical (unpaired) electrons. The molecule has 1 saturated heterocycles. The fraction of sp³-hybridized carbons (Fsp3) is 0.409. The van der Waals surface area contributed by atoms with E-state index in [9.17, 15) is 4.79 Å². The van der Waals surface area contributed by atoms with Crippen LogP contribution in [0, 0.1) is 13.8 Å². The maximum atomic E-state index is 12.7. The fourth-order valence-corrected chi connectivity index (χ4v) is 4.05. The van der Waals surface area contributed by atoms with E-state index in [-0.39, 0.29) is 11.9 Å². The van der Waals surface area contributed by atoms with Crippen molar-refractivity contribution in [2.45, 2.75) is 39.3 Å². The second-order valence-corrected chi connectivity index (χ2v) is 7.85. The Bertz CT molecular complexity index is 982. The first-order valence-corrected chi connectivity index (χ1v) is 10.1. The van der Waals surface area contributed by atoms with Gasteiger partial charge >= 0.3 is 0 Å². The van der Waals surface area contributed by atoms with E-state index in [0.717, 1.165) is 55.1 Å². The lowest BCUT2D eigenvalue weighted by Gasteiger charge is -2.32. The first-order valence-electron chi connectivity index (χ1n) is 10.1. The molecule has 3 heterocycles. The topological polar surface area (TPSA) is 78.8 Å². The first-order chi connectivity index (χ1) is 14.0. The molecule has 2 aromatic heterocycles. The van der Waals surface area contributed by atoms with Gasteiger partial charge in [0.05, 0.1) is 11.4 Å². The summed E-state index contributed by atoms with van der Waals surface area (Å²) in [5, 5.41) is 14.8. The molecule has 0 aliphatic carbocycles. The molecule has 1 fully saturated rings. The van der Waals surface area contributed by atoms with Crippen molar-refractivity contribution in [1.82, 2.24) is 30.2 Å². The van der Waals surface area contributed by atoms with Crippen molar-refractivity contribution in [3.05, 3.63) is 59.0 Å². The van der Waals surface area contributed by atoms with Gasteiger partial charge in [-0.15, -0.1) is 0 Å². The number of aromatic amines is 1. The summed E-state index contributed by atoms with van der Waals surface area (Å²) in [6.45, 7) is 6.91. The number of hydrogen-bond donors (Lipinski definition) is 2. The van der Waals surface area contributed by atoms with E-state index in [1.54, 1.807) is 0 Å². The molecule has 0 spiro atoms. The van der Waals surface area contributed by atoms with Crippen LogP contribution in [0.15, 0.2) is 36.4 Å². The molecule has 1 aliphatic rings. The molecule has 1 aliphatic heterocycles. The molecule has 2 N–H and O–H groups in total. The zero-order chi connectivity index (χ0) is 20.4. The summed E-state index contributed by atoms with van der Waals surface area (Å²) in [5.74, 6) is -0.0931. The number of carbonyl (C=O) groups excluding carboxylic acids is 1. The summed E-state index contributed by atoms with van der Waals surface area (Å²) in [5.41, 5.74) is 5.52. The quantitative estimate of drug-likeness (QED) is 0.700. The van der Waals surface area contributed by atoms with Crippen LogP contribution >= 0.6 is 0 Å². The lowest BCUT2D eigenvalue weighted by Crippen LogP contribution is -2.44. The van der Waals surface area contributed by atoms with E-state index in [1.165, 1.54) is 5.56 Å². The summed E-state index contributed by atoms with van der Waals surface area (Å²) in [7, 11) is 1.91. The van der Waals surface area contributed by atoms with Gasteiger partial charge in [0.1, 0.15) is 5.69 Å². The molecule has 0 atom stereocenters. The lowest BCUT2D eigenvalue weighted by atomic mass is 10.0. The highest BCUT2D eigenvalue weighted by molar-refractivity contribution is 5.93. The summed E-state index contributed by atoms with van der Waals surface area (Å²) in [6.07, 6.45) is 1.92. The highest BCUT2D eigenvalue weighted by Gasteiger charge is 2.23. The van der Waals surface area contributed by atoms with Crippen molar-refractivity contribution >= 4 is 5.91 Å². The van der Waals surface area contributed by atoms with Gasteiger partial charge in [0, 0.05) is 44.0 Å². The molecule has 4 rings (SSSR count). The standard InChI is InChI=1S/C22H28N6O/c1-15-21(16(2)27(3)26-15)19-13-20(25-24-19)22(29)23-18-9-11-28(12-10-18)14-17-7-5-4-6-8-17/h4-8,13,18H,9-12,14H2,1-3H3,(H,23,29)(H,24,25). The van der Waals surface area contributed by atoms with Crippen LogP contribution in [0.4, 0.5) is 0 Å². The van der Waals surface area contributed by atoms with Crippen LogP contribution in [-0.2, 0) is 13.6 Å². The van der Waals surface area contributed by atoms with Crippen LogP contribution < -0.4 is 5.32 Å². The van der Waals surface area contributed by atoms with Crippen molar-refractivity contribution in [1.29, 1.82) is 0 Å². The number of nitrogens with one attached hydrogen (secondary N) is 2. The van der Waals surface area contributed by atoms with Crippen molar-refractivity contribution in [2.24, 2.45) is 7.05 Å². The third kappa shape index (κ3) is 4.24. The molecule has 7 nitrogen and oxygen atoms in total. The van der Waals surface area contributed by atoms with Crippen molar-refractivity contribution in [3.8, 4) is 11.3 Å². The zero-order valence-corrected chi connectivity index (χ0v) is 17.3. The number of piperidine rings is 1. The number of carbonyl (C=O) groups is 1. The zero-order valence-electron chi connectivity index (χ0n) is 17.3. The van der Waals surface area contributed by atoms with Gasteiger partial charge in [0.2, 0.25) is 0 Å². The van der Waals surface area contributed by atoms with Crippen LogP contribution in [0.3, 0.4) is 0 Å². The second-order valence-electron chi connectivity index (χ2n) is 7.85. The molecule has 152 valence electrons. The average Bonchev–Trinajstić information content (AvgIpc) is 3.29. The molecule has 29 heavy (non-hydrogen) atoms. The molecule has 1 amide bonds. The Balaban J connectivity index is 1.33. The number of benzene rings is 1. The number of aromatic nitrogens is 4. The van der Waals surface area contributed by atoms with Gasteiger partial charge < -0.3 is 5.32 Å². The number of amides is 1. The lowest BCUT2D eigenvalue weighted by molar-refractivity contribution is 0.0904. The van der Waals surface area contributed by atoms with Gasteiger partial charge in [0.15, 0.2) is 0 Å². The maximum absolute atomic E-state index is 12.7. The molecule has 0 bridgehead atoms. The highest BCUT2D eigenvalue weighted by atomic mass is 16.2. The number of likely N-dealkylation sites (tertiary alicyclic amines) is 1. The minimum absolute atomic E-state index is 0.0931. The Labute approximate surface area is 171 Å². The van der Waals surface area contributed by atoms with Crippen LogP contribution in [0.1, 0.15) is 40.3 Å². The maximum Gasteiger partial charge on any atom is 0.269 e. The fourth-order valence-electron chi connectivity index (χ4n) is 4.05. The van der Waals surface area contributed by atoms with Crippen molar-refractivity contribution < 1.29 is 4.79 Å². The Morgan fingerprint density at radius 3 is 2.59 bits per heavy atom. The molecule has 0 unspecified atom stereocenters. The Morgan fingerprint density at radius 2 is 1.93 bits per heavy atom. The largest absolute Gasteiger partial charge is 0.348 e. The van der Waals surface area contributed by atoms with E-state index in [1.807, 2.05) is 37.7 Å². The van der Waals surface area contributed by atoms with Crippen molar-refractivity contribution in [2.75, 3.05) is 13.1 Å². The van der Waals surface area contributed by atoms with Crippen LogP contribution in [-0.4, -0.2) is 49.9 Å². The first kappa shape index (κ1) is 19.4. The predicted molar refractivity (Wildman–Crippen MR) is 112 cm³/mol. The molecular weight excluding hydrogens is 364 g/mol. The Morgan fingerprint density at radius 1 is 1.21 bits per heavy atom.